The number of phenolic OH excluding ortho intramolecular Hbond substituents is 1. The minimum absolute atomic E-state index is 0.113. The van der Waals surface area contributed by atoms with Crippen molar-refractivity contribution < 1.29 is 9.90 Å². The zero-order valence-electron chi connectivity index (χ0n) is 12.0. The molecule has 4 nitrogen and oxygen atoms in total. The molecule has 1 aliphatic rings. The molecule has 2 aromatic carbocycles. The van der Waals surface area contributed by atoms with Gasteiger partial charge in [0.1, 0.15) is 5.75 Å². The minimum atomic E-state index is -0.182. The molecule has 1 atom stereocenters. The van der Waals surface area contributed by atoms with Gasteiger partial charge in [0.25, 0.3) is 0 Å². The zero-order valence-corrected chi connectivity index (χ0v) is 13.6. The summed E-state index contributed by atoms with van der Waals surface area (Å²) in [7, 11) is 0. The molecule has 112 valence electrons. The number of hydrogen-bond acceptors (Lipinski definition) is 3. The Labute approximate surface area is 137 Å². The van der Waals surface area contributed by atoms with Crippen LogP contribution in [0.25, 0.3) is 0 Å². The lowest BCUT2D eigenvalue weighted by molar-refractivity contribution is -0.130. The van der Waals surface area contributed by atoms with Gasteiger partial charge in [0.05, 0.1) is 11.8 Å². The largest absolute Gasteiger partial charge is 0.508 e. The molecular formula is C17H15BrN2O2. The number of rotatable bonds is 2. The number of aromatic hydroxyl groups is 1. The van der Waals surface area contributed by atoms with E-state index in [0.29, 0.717) is 6.42 Å². The third-order valence-corrected chi connectivity index (χ3v) is 4.14. The number of benzene rings is 2. The molecule has 0 fully saturated rings. The molecule has 1 N–H and O–H groups in total. The van der Waals surface area contributed by atoms with Crippen LogP contribution in [0.15, 0.2) is 58.1 Å². The van der Waals surface area contributed by atoms with Gasteiger partial charge < -0.3 is 5.11 Å². The van der Waals surface area contributed by atoms with Gasteiger partial charge in [-0.1, -0.05) is 40.2 Å². The molecule has 3 rings (SSSR count). The first kappa shape index (κ1) is 14.8. The molecular weight excluding hydrogens is 344 g/mol. The van der Waals surface area contributed by atoms with Crippen LogP contribution in [-0.2, 0) is 4.79 Å². The van der Waals surface area contributed by atoms with E-state index in [1.165, 1.54) is 11.9 Å². The monoisotopic (exact) mass is 358 g/mol. The molecule has 0 bridgehead atoms. The third kappa shape index (κ3) is 2.90. The van der Waals surface area contributed by atoms with E-state index in [4.69, 9.17) is 0 Å². The highest BCUT2D eigenvalue weighted by atomic mass is 79.9. The van der Waals surface area contributed by atoms with Crippen LogP contribution in [0, 0.1) is 0 Å². The summed E-state index contributed by atoms with van der Waals surface area (Å²) in [6, 6.07) is 14.7. The molecule has 0 saturated carbocycles. The SMILES string of the molecule is CC(=O)N1N=C(c2cccc(Br)c2)CC1c1cccc(O)c1. The molecule has 0 saturated heterocycles. The standard InChI is InChI=1S/C17H15BrN2O2/c1-11(21)20-17(13-5-3-7-15(22)9-13)10-16(19-20)12-4-2-6-14(18)8-12/h2-9,17,22H,10H2,1H3. The van der Waals surface area contributed by atoms with Crippen molar-refractivity contribution in [2.75, 3.05) is 0 Å². The predicted octanol–water partition coefficient (Wildman–Crippen LogP) is 3.85. The summed E-state index contributed by atoms with van der Waals surface area (Å²) < 4.78 is 0.975. The fourth-order valence-electron chi connectivity index (χ4n) is 2.63. The Morgan fingerprint density at radius 1 is 1.27 bits per heavy atom. The van der Waals surface area contributed by atoms with Crippen LogP contribution in [-0.4, -0.2) is 21.7 Å². The number of hydrogen-bond donors (Lipinski definition) is 1. The molecule has 1 unspecified atom stereocenters. The highest BCUT2D eigenvalue weighted by Gasteiger charge is 2.31. The van der Waals surface area contributed by atoms with Crippen molar-refractivity contribution in [1.29, 1.82) is 0 Å². The Balaban J connectivity index is 1.96. The predicted molar refractivity (Wildman–Crippen MR) is 88.7 cm³/mol. The van der Waals surface area contributed by atoms with Crippen LogP contribution in [0.4, 0.5) is 0 Å². The molecule has 0 radical (unpaired) electrons. The maximum absolute atomic E-state index is 11.9. The highest BCUT2D eigenvalue weighted by molar-refractivity contribution is 9.10. The molecule has 1 heterocycles. The van der Waals surface area contributed by atoms with E-state index in [1.54, 1.807) is 18.2 Å². The molecule has 2 aromatic rings. The molecule has 1 amide bonds. The average molecular weight is 359 g/mol. The Kier molecular flexibility index (Phi) is 3.98. The van der Waals surface area contributed by atoms with Gasteiger partial charge in [-0.25, -0.2) is 5.01 Å². The topological polar surface area (TPSA) is 52.9 Å². The van der Waals surface area contributed by atoms with Gasteiger partial charge >= 0.3 is 0 Å². The van der Waals surface area contributed by atoms with Gasteiger partial charge in [0, 0.05) is 17.8 Å². The number of amides is 1. The summed E-state index contributed by atoms with van der Waals surface area (Å²) in [6.45, 7) is 1.50. The van der Waals surface area contributed by atoms with E-state index in [9.17, 15) is 9.90 Å². The first-order chi connectivity index (χ1) is 10.5. The molecule has 22 heavy (non-hydrogen) atoms. The van der Waals surface area contributed by atoms with Gasteiger partial charge in [-0.3, -0.25) is 4.79 Å². The second kappa shape index (κ2) is 5.93. The van der Waals surface area contributed by atoms with Gasteiger partial charge in [0.2, 0.25) is 5.91 Å². The average Bonchev–Trinajstić information content (AvgIpc) is 2.92. The number of hydrazone groups is 1. The quantitative estimate of drug-likeness (QED) is 0.886. The lowest BCUT2D eigenvalue weighted by Crippen LogP contribution is -2.24. The van der Waals surface area contributed by atoms with E-state index in [-0.39, 0.29) is 17.7 Å². The number of halogens is 1. The summed E-state index contributed by atoms with van der Waals surface area (Å²) in [4.78, 5) is 11.9. The maximum Gasteiger partial charge on any atom is 0.240 e. The Morgan fingerprint density at radius 3 is 2.73 bits per heavy atom. The molecule has 0 aromatic heterocycles. The summed E-state index contributed by atoms with van der Waals surface area (Å²) in [6.07, 6.45) is 0.624. The van der Waals surface area contributed by atoms with Crippen LogP contribution < -0.4 is 0 Å². The van der Waals surface area contributed by atoms with Crippen molar-refractivity contribution in [3.05, 3.63) is 64.1 Å². The lowest BCUT2D eigenvalue weighted by Gasteiger charge is -2.20. The highest BCUT2D eigenvalue weighted by Crippen LogP contribution is 2.34. The van der Waals surface area contributed by atoms with Crippen molar-refractivity contribution in [2.24, 2.45) is 5.10 Å². The van der Waals surface area contributed by atoms with Crippen LogP contribution in [0.2, 0.25) is 0 Å². The van der Waals surface area contributed by atoms with E-state index >= 15 is 0 Å². The van der Waals surface area contributed by atoms with Crippen molar-refractivity contribution in [3.63, 3.8) is 0 Å². The molecule has 0 spiro atoms. The van der Waals surface area contributed by atoms with Gasteiger partial charge in [-0.05, 0) is 35.4 Å². The molecule has 5 heteroatoms. The minimum Gasteiger partial charge on any atom is -0.508 e. The summed E-state index contributed by atoms with van der Waals surface area (Å²) in [5, 5.41) is 15.6. The zero-order chi connectivity index (χ0) is 15.7. The van der Waals surface area contributed by atoms with Crippen molar-refractivity contribution in [2.45, 2.75) is 19.4 Å². The Morgan fingerprint density at radius 2 is 2.05 bits per heavy atom. The fourth-order valence-corrected chi connectivity index (χ4v) is 3.03. The number of carbonyl (C=O) groups is 1. The van der Waals surface area contributed by atoms with Gasteiger partial charge in [-0.2, -0.15) is 5.10 Å². The van der Waals surface area contributed by atoms with Crippen LogP contribution in [0.1, 0.15) is 30.5 Å². The van der Waals surface area contributed by atoms with Crippen molar-refractivity contribution >= 4 is 27.5 Å². The van der Waals surface area contributed by atoms with Crippen molar-refractivity contribution in [1.82, 2.24) is 5.01 Å². The first-order valence-corrected chi connectivity index (χ1v) is 7.76. The first-order valence-electron chi connectivity index (χ1n) is 6.97. The second-order valence-corrected chi connectivity index (χ2v) is 6.15. The number of nitrogens with zero attached hydrogens (tertiary/aromatic N) is 2. The normalized spacial score (nSPS) is 17.5. The van der Waals surface area contributed by atoms with Crippen molar-refractivity contribution in [3.8, 4) is 5.75 Å². The summed E-state index contributed by atoms with van der Waals surface area (Å²) >= 11 is 3.45. The fraction of sp³-hybridized carbons (Fsp3) is 0.176. The van der Waals surface area contributed by atoms with E-state index in [1.807, 2.05) is 30.3 Å². The van der Waals surface area contributed by atoms with E-state index in [0.717, 1.165) is 21.3 Å². The summed E-state index contributed by atoms with van der Waals surface area (Å²) in [5.41, 5.74) is 2.73. The Hall–Kier alpha value is -2.14. The smallest absolute Gasteiger partial charge is 0.240 e. The molecule has 1 aliphatic heterocycles. The number of phenols is 1. The second-order valence-electron chi connectivity index (χ2n) is 5.24. The third-order valence-electron chi connectivity index (χ3n) is 3.65. The number of carbonyl (C=O) groups excluding carboxylic acids is 1. The Bertz CT molecular complexity index is 758. The summed E-state index contributed by atoms with van der Waals surface area (Å²) in [5.74, 6) is 0.0789. The van der Waals surface area contributed by atoms with Gasteiger partial charge in [-0.15, -0.1) is 0 Å². The van der Waals surface area contributed by atoms with Crippen LogP contribution >= 0.6 is 15.9 Å². The van der Waals surface area contributed by atoms with Crippen LogP contribution in [0.3, 0.4) is 0 Å². The van der Waals surface area contributed by atoms with Crippen LogP contribution in [0.5, 0.6) is 5.75 Å². The molecule has 0 aliphatic carbocycles. The maximum atomic E-state index is 11.9. The van der Waals surface area contributed by atoms with E-state index in [2.05, 4.69) is 21.0 Å². The van der Waals surface area contributed by atoms with Gasteiger partial charge in [0.15, 0.2) is 0 Å². The van der Waals surface area contributed by atoms with E-state index < -0.39 is 0 Å². The lowest BCUT2D eigenvalue weighted by atomic mass is 9.98.